The van der Waals surface area contributed by atoms with Gasteiger partial charge in [-0.2, -0.15) is 0 Å². The highest BCUT2D eigenvalue weighted by molar-refractivity contribution is 6.18. The summed E-state index contributed by atoms with van der Waals surface area (Å²) in [7, 11) is 0. The zero-order valence-corrected chi connectivity index (χ0v) is 9.55. The summed E-state index contributed by atoms with van der Waals surface area (Å²) in [5.74, 6) is 1.98. The van der Waals surface area contributed by atoms with Gasteiger partial charge < -0.3 is 4.74 Å². The Morgan fingerprint density at radius 2 is 1.93 bits per heavy atom. The Kier molecular flexibility index (Phi) is 4.81. The Bertz CT molecular complexity index is 256. The van der Waals surface area contributed by atoms with Crippen LogP contribution in [0.2, 0.25) is 0 Å². The van der Waals surface area contributed by atoms with Crippen molar-refractivity contribution in [2.45, 2.75) is 20.3 Å². The Hall–Kier alpha value is -0.690. The van der Waals surface area contributed by atoms with Gasteiger partial charge in [-0.1, -0.05) is 26.0 Å². The Balaban J connectivity index is 2.43. The third-order valence-electron chi connectivity index (χ3n) is 2.13. The lowest BCUT2D eigenvalue weighted by Crippen LogP contribution is -2.09. The summed E-state index contributed by atoms with van der Waals surface area (Å²) < 4.78 is 5.57. The fourth-order valence-electron chi connectivity index (χ4n) is 1.10. The second kappa shape index (κ2) is 5.92. The largest absolute Gasteiger partial charge is 0.493 e. The van der Waals surface area contributed by atoms with Crippen LogP contribution in [-0.4, -0.2) is 12.5 Å². The first-order valence-electron chi connectivity index (χ1n) is 5.04. The lowest BCUT2D eigenvalue weighted by atomic mass is 10.2. The number of ether oxygens (including phenoxy) is 1. The van der Waals surface area contributed by atoms with Gasteiger partial charge in [0.25, 0.3) is 0 Å². The highest BCUT2D eigenvalue weighted by Crippen LogP contribution is 2.13. The summed E-state index contributed by atoms with van der Waals surface area (Å²) in [6.07, 6.45) is 1.07. The summed E-state index contributed by atoms with van der Waals surface area (Å²) >= 11 is 5.69. The molecular formula is C12H17ClO. The molecule has 0 aliphatic carbocycles. The van der Waals surface area contributed by atoms with E-state index >= 15 is 0 Å². The zero-order chi connectivity index (χ0) is 10.4. The van der Waals surface area contributed by atoms with E-state index in [2.05, 4.69) is 26.0 Å². The topological polar surface area (TPSA) is 9.23 Å². The third kappa shape index (κ3) is 3.59. The van der Waals surface area contributed by atoms with E-state index in [0.717, 1.165) is 12.2 Å². The number of alkyl halides is 1. The highest BCUT2D eigenvalue weighted by atomic mass is 35.5. The van der Waals surface area contributed by atoms with Crippen molar-refractivity contribution in [1.82, 2.24) is 0 Å². The van der Waals surface area contributed by atoms with E-state index in [-0.39, 0.29) is 0 Å². The number of rotatable bonds is 5. The van der Waals surface area contributed by atoms with Gasteiger partial charge in [-0.15, -0.1) is 11.6 Å². The number of halogens is 1. The maximum absolute atomic E-state index is 5.69. The minimum Gasteiger partial charge on any atom is -0.493 e. The van der Waals surface area contributed by atoms with Crippen LogP contribution in [0.3, 0.4) is 0 Å². The van der Waals surface area contributed by atoms with E-state index in [0.29, 0.717) is 18.4 Å². The molecule has 0 bridgehead atoms. The first-order chi connectivity index (χ1) is 6.76. The van der Waals surface area contributed by atoms with Crippen LogP contribution < -0.4 is 4.74 Å². The molecule has 0 saturated heterocycles. The molecule has 1 nitrogen and oxygen atoms in total. The van der Waals surface area contributed by atoms with Crippen molar-refractivity contribution in [1.29, 1.82) is 0 Å². The monoisotopic (exact) mass is 212 g/mol. The van der Waals surface area contributed by atoms with Crippen LogP contribution in [0.1, 0.15) is 19.4 Å². The highest BCUT2D eigenvalue weighted by Gasteiger charge is 2.00. The van der Waals surface area contributed by atoms with Crippen LogP contribution in [-0.2, 0) is 6.42 Å². The molecule has 0 radical (unpaired) electrons. The molecule has 0 saturated carbocycles. The third-order valence-corrected chi connectivity index (χ3v) is 2.66. The van der Waals surface area contributed by atoms with Gasteiger partial charge in [0.05, 0.1) is 6.61 Å². The first kappa shape index (κ1) is 11.4. The van der Waals surface area contributed by atoms with Crippen LogP contribution in [0.15, 0.2) is 24.3 Å². The minimum atomic E-state index is 0.405. The average molecular weight is 213 g/mol. The summed E-state index contributed by atoms with van der Waals surface area (Å²) in [5.41, 5.74) is 1.34. The predicted molar refractivity (Wildman–Crippen MR) is 61.2 cm³/mol. The Morgan fingerprint density at radius 1 is 1.29 bits per heavy atom. The molecule has 0 heterocycles. The van der Waals surface area contributed by atoms with Crippen molar-refractivity contribution < 1.29 is 4.74 Å². The minimum absolute atomic E-state index is 0.405. The van der Waals surface area contributed by atoms with Gasteiger partial charge in [0, 0.05) is 11.8 Å². The van der Waals surface area contributed by atoms with Crippen LogP contribution in [0.5, 0.6) is 5.75 Å². The smallest absolute Gasteiger partial charge is 0.119 e. The van der Waals surface area contributed by atoms with Crippen molar-refractivity contribution in [2.75, 3.05) is 12.5 Å². The van der Waals surface area contributed by atoms with E-state index < -0.39 is 0 Å². The van der Waals surface area contributed by atoms with Crippen LogP contribution in [0, 0.1) is 5.92 Å². The molecule has 0 aromatic heterocycles. The molecule has 14 heavy (non-hydrogen) atoms. The molecular weight excluding hydrogens is 196 g/mol. The summed E-state index contributed by atoms with van der Waals surface area (Å²) in [4.78, 5) is 0. The van der Waals surface area contributed by atoms with Gasteiger partial charge in [0.1, 0.15) is 5.75 Å². The number of hydrogen-bond donors (Lipinski definition) is 0. The quantitative estimate of drug-likeness (QED) is 0.679. The molecule has 1 aromatic rings. The van der Waals surface area contributed by atoms with E-state index in [4.69, 9.17) is 16.3 Å². The summed E-state index contributed by atoms with van der Waals surface area (Å²) in [6.45, 7) is 4.91. The van der Waals surface area contributed by atoms with Gasteiger partial charge in [0.2, 0.25) is 0 Å². The lowest BCUT2D eigenvalue weighted by molar-refractivity contribution is 0.272. The Labute approximate surface area is 91.0 Å². The molecule has 2 heteroatoms. The van der Waals surface area contributed by atoms with Crippen molar-refractivity contribution in [3.8, 4) is 5.75 Å². The summed E-state index contributed by atoms with van der Waals surface area (Å²) in [6, 6.07) is 8.22. The van der Waals surface area contributed by atoms with Crippen molar-refractivity contribution in [3.63, 3.8) is 0 Å². The van der Waals surface area contributed by atoms with Crippen molar-refractivity contribution in [3.05, 3.63) is 29.8 Å². The van der Waals surface area contributed by atoms with Gasteiger partial charge >= 0.3 is 0 Å². The molecule has 0 spiro atoms. The van der Waals surface area contributed by atoms with E-state index in [1.807, 2.05) is 12.1 Å². The number of hydrogen-bond acceptors (Lipinski definition) is 1. The second-order valence-corrected chi connectivity index (χ2v) is 3.88. The average Bonchev–Trinajstić information content (AvgIpc) is 2.26. The van der Waals surface area contributed by atoms with Gasteiger partial charge in [-0.05, 0) is 24.1 Å². The van der Waals surface area contributed by atoms with E-state index in [1.54, 1.807) is 0 Å². The standard InChI is InChI=1S/C12H17ClO/c1-3-11-4-6-12(7-5-11)14-9-10(2)8-13/h4-7,10H,3,8-9H2,1-2H3. The molecule has 78 valence electrons. The predicted octanol–water partition coefficient (Wildman–Crippen LogP) is 3.50. The fourth-order valence-corrected chi connectivity index (χ4v) is 1.19. The molecule has 1 rings (SSSR count). The molecule has 0 N–H and O–H groups in total. The maximum Gasteiger partial charge on any atom is 0.119 e. The van der Waals surface area contributed by atoms with Gasteiger partial charge in [-0.3, -0.25) is 0 Å². The molecule has 0 aliphatic heterocycles. The molecule has 0 aliphatic rings. The molecule has 1 atom stereocenters. The zero-order valence-electron chi connectivity index (χ0n) is 8.79. The van der Waals surface area contributed by atoms with Gasteiger partial charge in [-0.25, -0.2) is 0 Å². The molecule has 1 unspecified atom stereocenters. The molecule has 0 amide bonds. The van der Waals surface area contributed by atoms with Crippen molar-refractivity contribution >= 4 is 11.6 Å². The van der Waals surface area contributed by atoms with E-state index in [1.165, 1.54) is 5.56 Å². The van der Waals surface area contributed by atoms with Crippen molar-refractivity contribution in [2.24, 2.45) is 5.92 Å². The van der Waals surface area contributed by atoms with E-state index in [9.17, 15) is 0 Å². The lowest BCUT2D eigenvalue weighted by Gasteiger charge is -2.10. The number of aryl methyl sites for hydroxylation is 1. The first-order valence-corrected chi connectivity index (χ1v) is 5.57. The summed E-state index contributed by atoms with van der Waals surface area (Å²) in [5, 5.41) is 0. The molecule has 0 fully saturated rings. The van der Waals surface area contributed by atoms with Gasteiger partial charge in [0.15, 0.2) is 0 Å². The normalized spacial score (nSPS) is 12.5. The fraction of sp³-hybridized carbons (Fsp3) is 0.500. The maximum atomic E-state index is 5.69. The number of benzene rings is 1. The Morgan fingerprint density at radius 3 is 2.43 bits per heavy atom. The molecule has 1 aromatic carbocycles. The van der Waals surface area contributed by atoms with Crippen LogP contribution >= 0.6 is 11.6 Å². The van der Waals surface area contributed by atoms with Crippen LogP contribution in [0.25, 0.3) is 0 Å². The van der Waals surface area contributed by atoms with Crippen LogP contribution in [0.4, 0.5) is 0 Å². The SMILES string of the molecule is CCc1ccc(OCC(C)CCl)cc1. The second-order valence-electron chi connectivity index (χ2n) is 3.57.